The van der Waals surface area contributed by atoms with Gasteiger partial charge in [0.25, 0.3) is 0 Å². The Morgan fingerprint density at radius 1 is 1.18 bits per heavy atom. The molecular weight excluding hydrogens is 476 g/mol. The normalized spacial score (nSPS) is 24.7. The molecule has 0 bridgehead atoms. The van der Waals surface area contributed by atoms with Gasteiger partial charge in [0.15, 0.2) is 5.82 Å². The minimum Gasteiger partial charge on any atom is -0.444 e. The zero-order chi connectivity index (χ0) is 26.7. The number of benzene rings is 1. The maximum atomic E-state index is 12.9. The van der Waals surface area contributed by atoms with Gasteiger partial charge in [0.1, 0.15) is 11.4 Å². The molecule has 198 valence electrons. The topological polar surface area (TPSA) is 81.4 Å². The molecule has 3 aliphatic rings. The van der Waals surface area contributed by atoms with E-state index in [0.29, 0.717) is 24.8 Å². The number of aromatic nitrogens is 3. The first-order valence-electron chi connectivity index (χ1n) is 13.7. The highest BCUT2D eigenvalue weighted by Crippen LogP contribution is 2.54. The average Bonchev–Trinajstić information content (AvgIpc) is 3.36. The van der Waals surface area contributed by atoms with Crippen LogP contribution in [0.3, 0.4) is 0 Å². The van der Waals surface area contributed by atoms with E-state index in [9.17, 15) is 4.79 Å². The largest absolute Gasteiger partial charge is 0.444 e. The Kier molecular flexibility index (Phi) is 5.93. The second-order valence-electron chi connectivity index (χ2n) is 12.3. The lowest BCUT2D eigenvalue weighted by atomic mass is 9.56. The van der Waals surface area contributed by atoms with Crippen LogP contribution in [-0.4, -0.2) is 44.8 Å². The zero-order valence-electron chi connectivity index (χ0n) is 23.0. The van der Waals surface area contributed by atoms with E-state index in [1.54, 1.807) is 4.90 Å². The fourth-order valence-electron chi connectivity index (χ4n) is 6.73. The monoisotopic (exact) mass is 512 g/mol. The number of hydrogen-bond donors (Lipinski definition) is 0. The predicted molar refractivity (Wildman–Crippen MR) is 146 cm³/mol. The van der Waals surface area contributed by atoms with Crippen molar-refractivity contribution in [2.45, 2.75) is 77.2 Å². The highest BCUT2D eigenvalue weighted by atomic mass is 16.6. The summed E-state index contributed by atoms with van der Waals surface area (Å²) in [7, 11) is 0. The lowest BCUT2D eigenvalue weighted by Gasteiger charge is -2.47. The van der Waals surface area contributed by atoms with E-state index in [4.69, 9.17) is 19.2 Å². The van der Waals surface area contributed by atoms with E-state index in [0.717, 1.165) is 54.0 Å². The predicted octanol–water partition coefficient (Wildman–Crippen LogP) is 6.34. The van der Waals surface area contributed by atoms with Crippen molar-refractivity contribution in [1.29, 1.82) is 0 Å². The molecule has 0 N–H and O–H groups in total. The van der Waals surface area contributed by atoms with Crippen molar-refractivity contribution in [3.05, 3.63) is 71.0 Å². The molecule has 7 heteroatoms. The summed E-state index contributed by atoms with van der Waals surface area (Å²) >= 11 is 0. The van der Waals surface area contributed by atoms with Crippen LogP contribution in [0.25, 0.3) is 16.8 Å². The van der Waals surface area contributed by atoms with Gasteiger partial charge in [0, 0.05) is 40.1 Å². The van der Waals surface area contributed by atoms with E-state index >= 15 is 0 Å². The lowest BCUT2D eigenvalue weighted by Crippen LogP contribution is -2.45. The first kappa shape index (κ1) is 24.8. The number of ether oxygens (including phenoxy) is 1. The Balaban J connectivity index is 1.45. The van der Waals surface area contributed by atoms with Crippen molar-refractivity contribution in [1.82, 2.24) is 20.0 Å². The van der Waals surface area contributed by atoms with Crippen molar-refractivity contribution >= 4 is 11.7 Å². The number of hydrogen-bond acceptors (Lipinski definition) is 6. The fourth-order valence-corrected chi connectivity index (χ4v) is 6.73. The summed E-state index contributed by atoms with van der Waals surface area (Å²) in [6, 6.07) is 10.4. The van der Waals surface area contributed by atoms with Crippen molar-refractivity contribution in [2.24, 2.45) is 5.92 Å². The minimum absolute atomic E-state index is 0.160. The van der Waals surface area contributed by atoms with Crippen LogP contribution in [0.15, 0.2) is 47.1 Å². The van der Waals surface area contributed by atoms with Crippen molar-refractivity contribution < 1.29 is 14.1 Å². The summed E-state index contributed by atoms with van der Waals surface area (Å²) < 4.78 is 11.4. The summed E-state index contributed by atoms with van der Waals surface area (Å²) in [5, 5.41) is 4.14. The summed E-state index contributed by atoms with van der Waals surface area (Å²) in [4.78, 5) is 25.2. The number of nitrogens with zero attached hydrogens (tertiary/aromatic N) is 4. The average molecular weight is 513 g/mol. The number of fused-ring (bicyclic) bond motifs is 4. The molecule has 1 amide bonds. The molecule has 0 saturated carbocycles. The van der Waals surface area contributed by atoms with E-state index < -0.39 is 5.60 Å². The molecule has 0 saturated heterocycles. The van der Waals surface area contributed by atoms with Gasteiger partial charge in [0.05, 0.1) is 24.1 Å². The maximum absolute atomic E-state index is 12.9. The molecule has 2 aromatic heterocycles. The van der Waals surface area contributed by atoms with Crippen LogP contribution in [0.1, 0.15) is 81.8 Å². The smallest absolute Gasteiger partial charge is 0.410 e. The Hall–Kier alpha value is -3.48. The van der Waals surface area contributed by atoms with Crippen molar-refractivity contribution in [3.8, 4) is 11.3 Å². The second kappa shape index (κ2) is 9.07. The zero-order valence-corrected chi connectivity index (χ0v) is 23.0. The quantitative estimate of drug-likeness (QED) is 0.399. The van der Waals surface area contributed by atoms with Crippen molar-refractivity contribution in [3.63, 3.8) is 0 Å². The Labute approximate surface area is 224 Å². The molecule has 0 unspecified atom stereocenters. The molecule has 1 aromatic carbocycles. The molecule has 3 aromatic rings. The van der Waals surface area contributed by atoms with Gasteiger partial charge >= 0.3 is 6.09 Å². The standard InChI is InChI=1S/C31H36N4O3/c1-19-24-14-13-23-25(20-10-7-6-8-11-20)33-28(21-12-9-15-35(18-21)29(36)37-30(2,3)4)34-27(23)31(24,5)16-22-17-32-38-26(19)22/h6-8,10-12,17,19,24H,9,13-16,18H2,1-5H3/t19-,24-,31-/m1/s1. The van der Waals surface area contributed by atoms with Crippen LogP contribution >= 0.6 is 0 Å². The third-order valence-corrected chi connectivity index (χ3v) is 8.46. The first-order valence-corrected chi connectivity index (χ1v) is 13.7. The molecule has 3 heterocycles. The molecular formula is C31H36N4O3. The summed E-state index contributed by atoms with van der Waals surface area (Å²) in [5.41, 5.74) is 5.93. The third-order valence-electron chi connectivity index (χ3n) is 8.46. The van der Waals surface area contributed by atoms with E-state index in [1.807, 2.05) is 33.0 Å². The summed E-state index contributed by atoms with van der Waals surface area (Å²) in [6.45, 7) is 11.4. The van der Waals surface area contributed by atoms with Crippen LogP contribution < -0.4 is 0 Å². The van der Waals surface area contributed by atoms with Gasteiger partial charge in [0.2, 0.25) is 0 Å². The molecule has 3 atom stereocenters. The van der Waals surface area contributed by atoms with E-state index in [1.165, 1.54) is 11.1 Å². The number of rotatable bonds is 2. The molecule has 0 spiro atoms. The Morgan fingerprint density at radius 2 is 1.97 bits per heavy atom. The highest BCUT2D eigenvalue weighted by molar-refractivity contribution is 5.75. The molecule has 6 rings (SSSR count). The molecule has 0 fully saturated rings. The van der Waals surface area contributed by atoms with Gasteiger partial charge in [-0.2, -0.15) is 0 Å². The van der Waals surface area contributed by atoms with Crippen LogP contribution in [0, 0.1) is 5.92 Å². The highest BCUT2D eigenvalue weighted by Gasteiger charge is 2.50. The summed E-state index contributed by atoms with van der Waals surface area (Å²) in [6.07, 6.45) is 7.35. The van der Waals surface area contributed by atoms with E-state index in [-0.39, 0.29) is 17.4 Å². The van der Waals surface area contributed by atoms with Crippen LogP contribution in [0.5, 0.6) is 0 Å². The van der Waals surface area contributed by atoms with Crippen LogP contribution in [0.4, 0.5) is 4.79 Å². The number of carbonyl (C=O) groups is 1. The molecule has 7 nitrogen and oxygen atoms in total. The SMILES string of the molecule is C[C@H]1c2oncc2C[C@@]2(C)c3nc(C4=CCCN(C(=O)OC(C)(C)C)C4)nc(-c4ccccc4)c3CC[C@H]12. The number of amides is 1. The summed E-state index contributed by atoms with van der Waals surface area (Å²) in [5.74, 6) is 2.41. The lowest BCUT2D eigenvalue weighted by molar-refractivity contribution is 0.0273. The molecule has 0 radical (unpaired) electrons. The van der Waals surface area contributed by atoms with Crippen LogP contribution in [0.2, 0.25) is 0 Å². The Morgan fingerprint density at radius 3 is 2.74 bits per heavy atom. The molecule has 2 aliphatic carbocycles. The molecule has 1 aliphatic heterocycles. The number of carbonyl (C=O) groups excluding carboxylic acids is 1. The van der Waals surface area contributed by atoms with Gasteiger partial charge in [-0.3, -0.25) is 0 Å². The van der Waals surface area contributed by atoms with Crippen LogP contribution in [-0.2, 0) is 23.0 Å². The first-order chi connectivity index (χ1) is 18.1. The third kappa shape index (κ3) is 4.22. The van der Waals surface area contributed by atoms with Crippen molar-refractivity contribution in [2.75, 3.05) is 13.1 Å². The maximum Gasteiger partial charge on any atom is 0.410 e. The van der Waals surface area contributed by atoms with Gasteiger partial charge in [-0.1, -0.05) is 55.4 Å². The second-order valence-corrected chi connectivity index (χ2v) is 12.3. The van der Waals surface area contributed by atoms with E-state index in [2.05, 4.69) is 49.3 Å². The Bertz CT molecular complexity index is 1400. The fraction of sp³-hybridized carbons (Fsp3) is 0.484. The minimum atomic E-state index is -0.538. The van der Waals surface area contributed by atoms with Gasteiger partial charge in [-0.05, 0) is 52.4 Å². The van der Waals surface area contributed by atoms with Gasteiger partial charge in [-0.15, -0.1) is 0 Å². The van der Waals surface area contributed by atoms with Gasteiger partial charge in [-0.25, -0.2) is 14.8 Å². The molecule has 38 heavy (non-hydrogen) atoms. The van der Waals surface area contributed by atoms with Gasteiger partial charge < -0.3 is 14.2 Å².